The summed E-state index contributed by atoms with van der Waals surface area (Å²) in [5, 5.41) is 24.4. The van der Waals surface area contributed by atoms with Gasteiger partial charge >= 0.3 is 5.69 Å². The van der Waals surface area contributed by atoms with E-state index in [1.54, 1.807) is 11.6 Å². The van der Waals surface area contributed by atoms with E-state index < -0.39 is 6.10 Å². The predicted molar refractivity (Wildman–Crippen MR) is 59.3 cm³/mol. The number of aliphatic hydroxyl groups excluding tert-OH is 1. The Morgan fingerprint density at radius 1 is 1.50 bits per heavy atom. The third-order valence-electron chi connectivity index (χ3n) is 2.39. The zero-order chi connectivity index (χ0) is 12.3. The summed E-state index contributed by atoms with van der Waals surface area (Å²) in [6.07, 6.45) is 0.501. The van der Waals surface area contributed by atoms with Gasteiger partial charge in [0.15, 0.2) is 0 Å². The summed E-state index contributed by atoms with van der Waals surface area (Å²) in [4.78, 5) is 10.6. The van der Waals surface area contributed by atoms with E-state index in [-0.39, 0.29) is 10.6 Å². The summed E-state index contributed by atoms with van der Waals surface area (Å²) < 4.78 is 1.54. The van der Waals surface area contributed by atoms with Crippen LogP contribution in [0.1, 0.15) is 32.2 Å². The molecule has 0 spiro atoms. The highest BCUT2D eigenvalue weighted by molar-refractivity contribution is 5.41. The van der Waals surface area contributed by atoms with Crippen molar-refractivity contribution in [3.63, 3.8) is 0 Å². The lowest BCUT2D eigenvalue weighted by atomic mass is 10.2. The molecule has 1 aromatic rings. The first-order valence-electron chi connectivity index (χ1n) is 5.42. The minimum Gasteiger partial charge on any atom is -0.391 e. The molecule has 0 aliphatic rings. The molecule has 0 aromatic carbocycles. The van der Waals surface area contributed by atoms with Crippen molar-refractivity contribution >= 4 is 5.69 Å². The van der Waals surface area contributed by atoms with Crippen LogP contribution in [0.5, 0.6) is 0 Å². The van der Waals surface area contributed by atoms with Crippen LogP contribution < -0.4 is 0 Å². The van der Waals surface area contributed by atoms with Crippen LogP contribution in [0.4, 0.5) is 5.69 Å². The average Bonchev–Trinajstić information content (AvgIpc) is 2.54. The van der Waals surface area contributed by atoms with Gasteiger partial charge in [-0.2, -0.15) is 5.10 Å². The van der Waals surface area contributed by atoms with Gasteiger partial charge in [0.2, 0.25) is 0 Å². The van der Waals surface area contributed by atoms with Gasteiger partial charge in [-0.1, -0.05) is 13.8 Å². The molecule has 0 fully saturated rings. The van der Waals surface area contributed by atoms with Crippen LogP contribution in [0.15, 0.2) is 0 Å². The van der Waals surface area contributed by atoms with Gasteiger partial charge in [0.05, 0.1) is 17.6 Å². The molecule has 0 radical (unpaired) electrons. The number of nitro groups is 1. The fourth-order valence-corrected chi connectivity index (χ4v) is 1.74. The lowest BCUT2D eigenvalue weighted by Crippen LogP contribution is -2.15. The van der Waals surface area contributed by atoms with Crippen molar-refractivity contribution in [3.05, 3.63) is 21.5 Å². The second kappa shape index (κ2) is 5.07. The summed E-state index contributed by atoms with van der Waals surface area (Å²) in [6, 6.07) is 0. The molecule has 0 amide bonds. The maximum atomic E-state index is 10.9. The van der Waals surface area contributed by atoms with Crippen LogP contribution in [-0.2, 0) is 19.4 Å². The van der Waals surface area contributed by atoms with E-state index in [1.165, 1.54) is 0 Å². The lowest BCUT2D eigenvalue weighted by molar-refractivity contribution is -0.386. The first-order chi connectivity index (χ1) is 7.51. The van der Waals surface area contributed by atoms with Gasteiger partial charge in [0, 0.05) is 0 Å². The van der Waals surface area contributed by atoms with Gasteiger partial charge < -0.3 is 5.11 Å². The van der Waals surface area contributed by atoms with Crippen molar-refractivity contribution in [2.75, 3.05) is 0 Å². The van der Waals surface area contributed by atoms with Gasteiger partial charge in [-0.3, -0.25) is 14.8 Å². The molecule has 6 heteroatoms. The second-order valence-electron chi connectivity index (χ2n) is 3.74. The Labute approximate surface area is 94.0 Å². The number of aromatic nitrogens is 2. The molecular formula is C10H17N3O3. The molecule has 0 aliphatic carbocycles. The van der Waals surface area contributed by atoms with Gasteiger partial charge in [0.25, 0.3) is 0 Å². The molecule has 1 aromatic heterocycles. The Bertz CT molecular complexity index is 385. The largest absolute Gasteiger partial charge is 0.391 e. The summed E-state index contributed by atoms with van der Waals surface area (Å²) in [5.41, 5.74) is 1.18. The van der Waals surface area contributed by atoms with Gasteiger partial charge in [-0.05, 0) is 19.8 Å². The highest BCUT2D eigenvalue weighted by atomic mass is 16.6. The minimum absolute atomic E-state index is 0.102. The number of rotatable bonds is 5. The molecule has 0 saturated carbocycles. The Hall–Kier alpha value is -1.43. The van der Waals surface area contributed by atoms with E-state index in [0.717, 1.165) is 0 Å². The molecular weight excluding hydrogens is 210 g/mol. The molecule has 0 bridgehead atoms. The Kier molecular flexibility index (Phi) is 4.00. The number of hydrogen-bond donors (Lipinski definition) is 1. The van der Waals surface area contributed by atoms with Crippen LogP contribution in [0.3, 0.4) is 0 Å². The van der Waals surface area contributed by atoms with E-state index in [2.05, 4.69) is 5.10 Å². The van der Waals surface area contributed by atoms with Crippen molar-refractivity contribution in [2.24, 2.45) is 0 Å². The van der Waals surface area contributed by atoms with Crippen molar-refractivity contribution in [2.45, 2.75) is 46.3 Å². The highest BCUT2D eigenvalue weighted by Crippen LogP contribution is 2.24. The third-order valence-corrected chi connectivity index (χ3v) is 2.39. The topological polar surface area (TPSA) is 81.2 Å². The molecule has 1 heterocycles. The van der Waals surface area contributed by atoms with Gasteiger partial charge in [-0.15, -0.1) is 0 Å². The van der Waals surface area contributed by atoms with Crippen molar-refractivity contribution in [3.8, 4) is 0 Å². The SMILES string of the molecule is CCc1nn(C[C@H](C)O)c(CC)c1[N+](=O)[O-]. The van der Waals surface area contributed by atoms with Crippen LogP contribution in [-0.4, -0.2) is 25.9 Å². The Morgan fingerprint density at radius 2 is 2.12 bits per heavy atom. The summed E-state index contributed by atoms with van der Waals surface area (Å²) >= 11 is 0. The number of hydrogen-bond acceptors (Lipinski definition) is 4. The van der Waals surface area contributed by atoms with E-state index in [1.807, 2.05) is 13.8 Å². The predicted octanol–water partition coefficient (Wildman–Crippen LogP) is 1.30. The van der Waals surface area contributed by atoms with E-state index in [0.29, 0.717) is 30.8 Å². The first-order valence-corrected chi connectivity index (χ1v) is 5.42. The molecule has 1 atom stereocenters. The molecule has 1 rings (SSSR count). The van der Waals surface area contributed by atoms with Crippen LogP contribution in [0.2, 0.25) is 0 Å². The fourth-order valence-electron chi connectivity index (χ4n) is 1.74. The zero-order valence-corrected chi connectivity index (χ0v) is 9.80. The normalized spacial score (nSPS) is 12.8. The van der Waals surface area contributed by atoms with E-state index in [4.69, 9.17) is 0 Å². The van der Waals surface area contributed by atoms with Crippen LogP contribution >= 0.6 is 0 Å². The summed E-state index contributed by atoms with van der Waals surface area (Å²) in [5.74, 6) is 0. The first kappa shape index (κ1) is 12.6. The van der Waals surface area contributed by atoms with E-state index >= 15 is 0 Å². The number of nitrogens with zero attached hydrogens (tertiary/aromatic N) is 3. The number of aryl methyl sites for hydroxylation is 1. The molecule has 0 aliphatic heterocycles. The second-order valence-corrected chi connectivity index (χ2v) is 3.74. The maximum absolute atomic E-state index is 10.9. The standard InChI is InChI=1S/C10H17N3O3/c1-4-8-10(13(15)16)9(5-2)12(11-8)6-7(3)14/h7,14H,4-6H2,1-3H3/t7-/m0/s1. The van der Waals surface area contributed by atoms with Crippen molar-refractivity contribution < 1.29 is 10.0 Å². The maximum Gasteiger partial charge on any atom is 0.313 e. The fraction of sp³-hybridized carbons (Fsp3) is 0.700. The number of aliphatic hydroxyl groups is 1. The van der Waals surface area contributed by atoms with Crippen molar-refractivity contribution in [1.82, 2.24) is 9.78 Å². The average molecular weight is 227 g/mol. The van der Waals surface area contributed by atoms with Crippen LogP contribution in [0.25, 0.3) is 0 Å². The zero-order valence-electron chi connectivity index (χ0n) is 9.80. The lowest BCUT2D eigenvalue weighted by Gasteiger charge is -2.06. The molecule has 1 N–H and O–H groups in total. The highest BCUT2D eigenvalue weighted by Gasteiger charge is 2.25. The summed E-state index contributed by atoms with van der Waals surface area (Å²) in [7, 11) is 0. The molecule has 16 heavy (non-hydrogen) atoms. The monoisotopic (exact) mass is 227 g/mol. The van der Waals surface area contributed by atoms with Gasteiger partial charge in [-0.25, -0.2) is 0 Å². The molecule has 90 valence electrons. The van der Waals surface area contributed by atoms with Crippen molar-refractivity contribution in [1.29, 1.82) is 0 Å². The Morgan fingerprint density at radius 3 is 2.50 bits per heavy atom. The molecule has 6 nitrogen and oxygen atoms in total. The quantitative estimate of drug-likeness (QED) is 0.607. The smallest absolute Gasteiger partial charge is 0.313 e. The third kappa shape index (κ3) is 2.38. The molecule has 0 unspecified atom stereocenters. The van der Waals surface area contributed by atoms with Gasteiger partial charge in [0.1, 0.15) is 11.4 Å². The summed E-state index contributed by atoms with van der Waals surface area (Å²) in [6.45, 7) is 5.62. The Balaban J connectivity index is 3.24. The van der Waals surface area contributed by atoms with Crippen LogP contribution in [0, 0.1) is 10.1 Å². The molecule has 0 saturated heterocycles. The van der Waals surface area contributed by atoms with E-state index in [9.17, 15) is 15.2 Å². The minimum atomic E-state index is -0.561.